The first kappa shape index (κ1) is 17.8. The fourth-order valence-electron chi connectivity index (χ4n) is 5.04. The maximum absolute atomic E-state index is 12.8. The summed E-state index contributed by atoms with van der Waals surface area (Å²) < 4.78 is 0. The highest BCUT2D eigenvalue weighted by Gasteiger charge is 2.46. The molecule has 26 heavy (non-hydrogen) atoms. The Bertz CT molecular complexity index is 583. The number of piperazine rings is 1. The Morgan fingerprint density at radius 2 is 1.54 bits per heavy atom. The smallest absolute Gasteiger partial charge is 0.320 e. The summed E-state index contributed by atoms with van der Waals surface area (Å²) in [5.74, 6) is 0.104. The third-order valence-corrected chi connectivity index (χ3v) is 6.69. The minimum atomic E-state index is -0.799. The van der Waals surface area contributed by atoms with E-state index in [0.29, 0.717) is 38.5 Å². The van der Waals surface area contributed by atoms with Crippen molar-refractivity contribution >= 4 is 17.8 Å². The highest BCUT2D eigenvalue weighted by atomic mass is 16.4. The van der Waals surface area contributed by atoms with Crippen LogP contribution in [0.3, 0.4) is 0 Å². The minimum absolute atomic E-state index is 0.0148. The quantitative estimate of drug-likeness (QED) is 0.798. The first-order valence-electron chi connectivity index (χ1n) is 10.1. The number of carbonyl (C=O) groups excluding carboxylic acids is 2. The number of aliphatic carboxylic acids is 1. The van der Waals surface area contributed by atoms with E-state index in [1.807, 2.05) is 14.7 Å². The largest absolute Gasteiger partial charge is 0.480 e. The molecule has 0 bridgehead atoms. The van der Waals surface area contributed by atoms with Gasteiger partial charge in [-0.15, -0.1) is 0 Å². The van der Waals surface area contributed by atoms with E-state index in [9.17, 15) is 19.5 Å². The van der Waals surface area contributed by atoms with Gasteiger partial charge in [-0.05, 0) is 38.0 Å². The lowest BCUT2D eigenvalue weighted by atomic mass is 9.85. The Balaban J connectivity index is 1.34. The van der Waals surface area contributed by atoms with Crippen LogP contribution in [0.5, 0.6) is 0 Å². The molecule has 144 valence electrons. The summed E-state index contributed by atoms with van der Waals surface area (Å²) >= 11 is 0. The molecular formula is C19H29N3O4. The SMILES string of the molecule is O=C(O)C1CC2CCCCC2N1CC(=O)N1CCN(C(=O)C2CC2)CC1. The number of fused-ring (bicyclic) bond motifs is 1. The molecular weight excluding hydrogens is 334 g/mol. The van der Waals surface area contributed by atoms with Crippen molar-refractivity contribution in [2.45, 2.75) is 57.0 Å². The molecule has 0 aromatic heterocycles. The monoisotopic (exact) mass is 363 g/mol. The van der Waals surface area contributed by atoms with Gasteiger partial charge in [0.15, 0.2) is 0 Å². The van der Waals surface area contributed by atoms with E-state index in [1.54, 1.807) is 0 Å². The lowest BCUT2D eigenvalue weighted by Crippen LogP contribution is -2.54. The second-order valence-electron chi connectivity index (χ2n) is 8.35. The Labute approximate surface area is 154 Å². The van der Waals surface area contributed by atoms with Gasteiger partial charge in [0.25, 0.3) is 0 Å². The Hall–Kier alpha value is -1.63. The molecule has 3 unspecified atom stereocenters. The number of rotatable bonds is 4. The molecule has 1 N–H and O–H groups in total. The zero-order valence-corrected chi connectivity index (χ0v) is 15.3. The van der Waals surface area contributed by atoms with E-state index in [0.717, 1.165) is 32.1 Å². The van der Waals surface area contributed by atoms with Crippen molar-refractivity contribution < 1.29 is 19.5 Å². The van der Waals surface area contributed by atoms with Crippen LogP contribution in [-0.4, -0.2) is 82.4 Å². The summed E-state index contributed by atoms with van der Waals surface area (Å²) in [4.78, 5) is 42.3. The molecule has 7 heteroatoms. The molecule has 4 rings (SSSR count). The Morgan fingerprint density at radius 1 is 0.885 bits per heavy atom. The van der Waals surface area contributed by atoms with E-state index in [4.69, 9.17) is 0 Å². The van der Waals surface area contributed by atoms with Gasteiger partial charge in [0, 0.05) is 38.1 Å². The molecule has 2 amide bonds. The Kier molecular flexibility index (Phi) is 4.90. The lowest BCUT2D eigenvalue weighted by molar-refractivity contribution is -0.146. The molecule has 0 aromatic carbocycles. The number of hydrogen-bond donors (Lipinski definition) is 1. The number of carboxylic acid groups (broad SMARTS) is 1. The fourth-order valence-corrected chi connectivity index (χ4v) is 5.04. The average molecular weight is 363 g/mol. The van der Waals surface area contributed by atoms with Crippen molar-refractivity contribution in [2.75, 3.05) is 32.7 Å². The van der Waals surface area contributed by atoms with E-state index in [1.165, 1.54) is 6.42 Å². The van der Waals surface area contributed by atoms with E-state index in [-0.39, 0.29) is 30.3 Å². The van der Waals surface area contributed by atoms with Gasteiger partial charge in [-0.3, -0.25) is 19.3 Å². The van der Waals surface area contributed by atoms with Crippen LogP contribution >= 0.6 is 0 Å². The zero-order chi connectivity index (χ0) is 18.3. The van der Waals surface area contributed by atoms with Gasteiger partial charge in [-0.25, -0.2) is 0 Å². The van der Waals surface area contributed by atoms with E-state index < -0.39 is 12.0 Å². The number of hydrogen-bond acceptors (Lipinski definition) is 4. The maximum Gasteiger partial charge on any atom is 0.320 e. The maximum atomic E-state index is 12.8. The van der Waals surface area contributed by atoms with Gasteiger partial charge in [0.05, 0.1) is 6.54 Å². The molecule has 7 nitrogen and oxygen atoms in total. The molecule has 0 radical (unpaired) electrons. The summed E-state index contributed by atoms with van der Waals surface area (Å²) in [5.41, 5.74) is 0. The Morgan fingerprint density at radius 3 is 2.19 bits per heavy atom. The number of likely N-dealkylation sites (tertiary alicyclic amines) is 1. The lowest BCUT2D eigenvalue weighted by Gasteiger charge is -2.37. The van der Waals surface area contributed by atoms with Gasteiger partial charge in [-0.1, -0.05) is 12.8 Å². The molecule has 2 saturated carbocycles. The average Bonchev–Trinajstić information content (AvgIpc) is 3.44. The van der Waals surface area contributed by atoms with E-state index >= 15 is 0 Å². The summed E-state index contributed by atoms with van der Waals surface area (Å²) in [7, 11) is 0. The molecule has 2 heterocycles. The predicted octanol–water partition coefficient (Wildman–Crippen LogP) is 0.785. The van der Waals surface area contributed by atoms with Crippen LogP contribution in [0.2, 0.25) is 0 Å². The van der Waals surface area contributed by atoms with Crippen molar-refractivity contribution in [3.8, 4) is 0 Å². The highest BCUT2D eigenvalue weighted by Crippen LogP contribution is 2.39. The third-order valence-electron chi connectivity index (χ3n) is 6.69. The summed E-state index contributed by atoms with van der Waals surface area (Å²) in [6.07, 6.45) is 7.08. The summed E-state index contributed by atoms with van der Waals surface area (Å²) in [5, 5.41) is 9.60. The van der Waals surface area contributed by atoms with Crippen molar-refractivity contribution in [1.29, 1.82) is 0 Å². The van der Waals surface area contributed by atoms with Crippen LogP contribution in [0.25, 0.3) is 0 Å². The normalized spacial score (nSPS) is 32.4. The number of nitrogens with zero attached hydrogens (tertiary/aromatic N) is 3. The molecule has 2 aliphatic carbocycles. The van der Waals surface area contributed by atoms with Crippen LogP contribution in [0, 0.1) is 11.8 Å². The first-order valence-corrected chi connectivity index (χ1v) is 10.1. The van der Waals surface area contributed by atoms with Crippen LogP contribution in [0.1, 0.15) is 44.9 Å². The summed E-state index contributed by atoms with van der Waals surface area (Å²) in [6.45, 7) is 2.55. The first-order chi connectivity index (χ1) is 12.5. The third kappa shape index (κ3) is 3.46. The molecule has 3 atom stereocenters. The highest BCUT2D eigenvalue weighted by molar-refractivity contribution is 5.83. The second-order valence-corrected chi connectivity index (χ2v) is 8.35. The number of carboxylic acids is 1. The van der Waals surface area contributed by atoms with Crippen LogP contribution < -0.4 is 0 Å². The van der Waals surface area contributed by atoms with Crippen molar-refractivity contribution in [1.82, 2.24) is 14.7 Å². The van der Waals surface area contributed by atoms with Crippen molar-refractivity contribution in [2.24, 2.45) is 11.8 Å². The van der Waals surface area contributed by atoms with Crippen LogP contribution in [0.15, 0.2) is 0 Å². The molecule has 0 aromatic rings. The fraction of sp³-hybridized carbons (Fsp3) is 0.842. The molecule has 0 spiro atoms. The van der Waals surface area contributed by atoms with Gasteiger partial charge in [0.1, 0.15) is 6.04 Å². The van der Waals surface area contributed by atoms with Crippen molar-refractivity contribution in [3.05, 3.63) is 0 Å². The number of carbonyl (C=O) groups is 3. The number of amides is 2. The summed E-state index contributed by atoms with van der Waals surface area (Å²) in [6, 6.07) is -0.281. The van der Waals surface area contributed by atoms with Crippen molar-refractivity contribution in [3.63, 3.8) is 0 Å². The minimum Gasteiger partial charge on any atom is -0.480 e. The van der Waals surface area contributed by atoms with Gasteiger partial charge < -0.3 is 14.9 Å². The molecule has 4 aliphatic rings. The van der Waals surface area contributed by atoms with E-state index in [2.05, 4.69) is 0 Å². The molecule has 2 saturated heterocycles. The topological polar surface area (TPSA) is 81.2 Å². The predicted molar refractivity (Wildman–Crippen MR) is 94.4 cm³/mol. The van der Waals surface area contributed by atoms with Gasteiger partial charge >= 0.3 is 5.97 Å². The molecule has 4 fully saturated rings. The van der Waals surface area contributed by atoms with Crippen LogP contribution in [0.4, 0.5) is 0 Å². The second kappa shape index (κ2) is 7.18. The molecule has 2 aliphatic heterocycles. The standard InChI is InChI=1S/C19H29N3O4/c23-17(20-7-9-21(10-8-20)18(24)13-5-6-13)12-22-15-4-2-1-3-14(15)11-16(22)19(25)26/h13-16H,1-12H2,(H,25,26). The van der Waals surface area contributed by atoms with Gasteiger partial charge in [-0.2, -0.15) is 0 Å². The van der Waals surface area contributed by atoms with Gasteiger partial charge in [0.2, 0.25) is 11.8 Å². The zero-order valence-electron chi connectivity index (χ0n) is 15.3. The van der Waals surface area contributed by atoms with Crippen LogP contribution in [-0.2, 0) is 14.4 Å².